The third-order valence-corrected chi connectivity index (χ3v) is 5.34. The first-order chi connectivity index (χ1) is 11.4. The highest BCUT2D eigenvalue weighted by atomic mass is 32.2. The summed E-state index contributed by atoms with van der Waals surface area (Å²) in [5.41, 5.74) is 1.63. The van der Waals surface area contributed by atoms with Gasteiger partial charge in [0.15, 0.2) is 9.84 Å². The van der Waals surface area contributed by atoms with Crippen LogP contribution in [0.2, 0.25) is 0 Å². The normalized spacial score (nSPS) is 21.1. The van der Waals surface area contributed by atoms with E-state index in [2.05, 4.69) is 5.32 Å². The molecule has 1 aliphatic rings. The Labute approximate surface area is 142 Å². The van der Waals surface area contributed by atoms with Gasteiger partial charge in [0.1, 0.15) is 6.04 Å². The molecule has 1 heterocycles. The molecule has 1 amide bonds. The molecular formula is C18H20N2O3S. The predicted octanol–water partition coefficient (Wildman–Crippen LogP) is 2.70. The largest absolute Gasteiger partial charge is 0.374 e. The predicted molar refractivity (Wildman–Crippen MR) is 95.0 cm³/mol. The number of benzene rings is 2. The van der Waals surface area contributed by atoms with Gasteiger partial charge in [0.05, 0.1) is 4.90 Å². The first kappa shape index (κ1) is 16.5. The van der Waals surface area contributed by atoms with Crippen molar-refractivity contribution in [3.63, 3.8) is 0 Å². The Kier molecular flexibility index (Phi) is 4.32. The minimum Gasteiger partial charge on any atom is -0.374 e. The van der Waals surface area contributed by atoms with E-state index >= 15 is 0 Å². The van der Waals surface area contributed by atoms with Gasteiger partial charge in [-0.1, -0.05) is 18.2 Å². The molecule has 2 aromatic rings. The summed E-state index contributed by atoms with van der Waals surface area (Å²) in [6.45, 7) is 2.03. The average Bonchev–Trinajstić information content (AvgIpc) is 2.82. The van der Waals surface area contributed by atoms with Gasteiger partial charge in [0.2, 0.25) is 5.91 Å². The van der Waals surface area contributed by atoms with Crippen LogP contribution in [0.15, 0.2) is 59.5 Å². The Balaban J connectivity index is 1.76. The summed E-state index contributed by atoms with van der Waals surface area (Å²) in [6, 6.07) is 15.9. The van der Waals surface area contributed by atoms with E-state index in [1.54, 1.807) is 24.3 Å². The minimum atomic E-state index is -3.21. The van der Waals surface area contributed by atoms with E-state index in [1.807, 2.05) is 42.2 Å². The molecule has 2 atom stereocenters. The summed E-state index contributed by atoms with van der Waals surface area (Å²) in [5.74, 6) is 0.0286. The summed E-state index contributed by atoms with van der Waals surface area (Å²) in [5, 5.41) is 3.21. The molecule has 0 aliphatic carbocycles. The Morgan fingerprint density at radius 3 is 2.25 bits per heavy atom. The standard InChI is InChI=1S/C18H20N2O3S/c1-13-12-17(18(21)20(13)15-6-4-3-5-7-15)19-14-8-10-16(11-9-14)24(2,22)23/h3-11,13,17,19H,12H2,1-2H3. The first-order valence-corrected chi connectivity index (χ1v) is 9.70. The fourth-order valence-electron chi connectivity index (χ4n) is 3.02. The molecule has 24 heavy (non-hydrogen) atoms. The third-order valence-electron chi connectivity index (χ3n) is 4.21. The Hall–Kier alpha value is -2.34. The molecule has 5 nitrogen and oxygen atoms in total. The highest BCUT2D eigenvalue weighted by Gasteiger charge is 2.37. The lowest BCUT2D eigenvalue weighted by molar-refractivity contribution is -0.117. The van der Waals surface area contributed by atoms with Crippen molar-refractivity contribution in [2.45, 2.75) is 30.3 Å². The monoisotopic (exact) mass is 344 g/mol. The van der Waals surface area contributed by atoms with E-state index in [4.69, 9.17) is 0 Å². The molecule has 126 valence electrons. The van der Waals surface area contributed by atoms with Gasteiger partial charge in [-0.3, -0.25) is 4.79 Å². The molecule has 0 spiro atoms. The van der Waals surface area contributed by atoms with Crippen LogP contribution in [0.3, 0.4) is 0 Å². The lowest BCUT2D eigenvalue weighted by Crippen LogP contribution is -2.35. The second-order valence-corrected chi connectivity index (χ2v) is 8.14. The van der Waals surface area contributed by atoms with E-state index < -0.39 is 9.84 Å². The van der Waals surface area contributed by atoms with Crippen molar-refractivity contribution in [1.29, 1.82) is 0 Å². The van der Waals surface area contributed by atoms with E-state index in [9.17, 15) is 13.2 Å². The second kappa shape index (κ2) is 6.28. The summed E-state index contributed by atoms with van der Waals surface area (Å²) >= 11 is 0. The summed E-state index contributed by atoms with van der Waals surface area (Å²) in [6.07, 6.45) is 1.87. The van der Waals surface area contributed by atoms with Crippen LogP contribution >= 0.6 is 0 Å². The van der Waals surface area contributed by atoms with Gasteiger partial charge in [-0.25, -0.2) is 8.42 Å². The number of sulfone groups is 1. The van der Waals surface area contributed by atoms with Gasteiger partial charge in [0.25, 0.3) is 0 Å². The van der Waals surface area contributed by atoms with Crippen molar-refractivity contribution >= 4 is 27.1 Å². The smallest absolute Gasteiger partial charge is 0.249 e. The van der Waals surface area contributed by atoms with E-state index in [-0.39, 0.29) is 22.9 Å². The molecule has 1 N–H and O–H groups in total. The number of hydrogen-bond donors (Lipinski definition) is 1. The van der Waals surface area contributed by atoms with E-state index in [1.165, 1.54) is 6.26 Å². The summed E-state index contributed by atoms with van der Waals surface area (Å²) in [7, 11) is -3.21. The van der Waals surface area contributed by atoms with Gasteiger partial charge in [-0.2, -0.15) is 0 Å². The molecule has 0 saturated carbocycles. The van der Waals surface area contributed by atoms with Crippen LogP contribution < -0.4 is 10.2 Å². The van der Waals surface area contributed by atoms with Crippen LogP contribution in [0.5, 0.6) is 0 Å². The van der Waals surface area contributed by atoms with Crippen LogP contribution in [0, 0.1) is 0 Å². The maximum Gasteiger partial charge on any atom is 0.249 e. The van der Waals surface area contributed by atoms with Gasteiger partial charge in [-0.15, -0.1) is 0 Å². The number of para-hydroxylation sites is 1. The molecule has 1 fully saturated rings. The quantitative estimate of drug-likeness (QED) is 0.926. The number of nitrogens with one attached hydrogen (secondary N) is 1. The van der Waals surface area contributed by atoms with Crippen molar-refractivity contribution in [2.75, 3.05) is 16.5 Å². The van der Waals surface area contributed by atoms with Crippen molar-refractivity contribution < 1.29 is 13.2 Å². The highest BCUT2D eigenvalue weighted by Crippen LogP contribution is 2.28. The molecule has 2 unspecified atom stereocenters. The van der Waals surface area contributed by atoms with Crippen LogP contribution in [-0.2, 0) is 14.6 Å². The minimum absolute atomic E-state index is 0.0286. The zero-order valence-electron chi connectivity index (χ0n) is 13.6. The van der Waals surface area contributed by atoms with Gasteiger partial charge < -0.3 is 10.2 Å². The van der Waals surface area contributed by atoms with Crippen molar-refractivity contribution in [3.05, 3.63) is 54.6 Å². The van der Waals surface area contributed by atoms with Crippen LogP contribution in [0.1, 0.15) is 13.3 Å². The molecule has 6 heteroatoms. The number of anilines is 2. The second-order valence-electron chi connectivity index (χ2n) is 6.12. The van der Waals surface area contributed by atoms with Crippen LogP contribution in [0.4, 0.5) is 11.4 Å². The zero-order valence-corrected chi connectivity index (χ0v) is 14.5. The van der Waals surface area contributed by atoms with Gasteiger partial charge >= 0.3 is 0 Å². The third kappa shape index (κ3) is 3.28. The molecule has 0 aromatic heterocycles. The van der Waals surface area contributed by atoms with Crippen LogP contribution in [0.25, 0.3) is 0 Å². The Morgan fingerprint density at radius 2 is 1.67 bits per heavy atom. The van der Waals surface area contributed by atoms with Crippen molar-refractivity contribution in [3.8, 4) is 0 Å². The topological polar surface area (TPSA) is 66.5 Å². The number of carbonyl (C=O) groups excluding carboxylic acids is 1. The number of hydrogen-bond acceptors (Lipinski definition) is 4. The number of rotatable bonds is 4. The molecular weight excluding hydrogens is 324 g/mol. The van der Waals surface area contributed by atoms with Crippen molar-refractivity contribution in [1.82, 2.24) is 0 Å². The maximum atomic E-state index is 12.7. The number of nitrogens with zero attached hydrogens (tertiary/aromatic N) is 1. The molecule has 1 saturated heterocycles. The average molecular weight is 344 g/mol. The molecule has 2 aromatic carbocycles. The molecule has 0 bridgehead atoms. The molecule has 1 aliphatic heterocycles. The van der Waals surface area contributed by atoms with E-state index in [0.717, 1.165) is 11.4 Å². The lowest BCUT2D eigenvalue weighted by atomic mass is 10.1. The molecule has 3 rings (SSSR count). The fraction of sp³-hybridized carbons (Fsp3) is 0.278. The SMILES string of the molecule is CC1CC(Nc2ccc(S(C)(=O)=O)cc2)C(=O)N1c1ccccc1. The van der Waals surface area contributed by atoms with Gasteiger partial charge in [0, 0.05) is 23.7 Å². The fourth-order valence-corrected chi connectivity index (χ4v) is 3.65. The Morgan fingerprint density at radius 1 is 1.04 bits per heavy atom. The lowest BCUT2D eigenvalue weighted by Gasteiger charge is -2.21. The molecule has 0 radical (unpaired) electrons. The van der Waals surface area contributed by atoms with Crippen molar-refractivity contribution in [2.24, 2.45) is 0 Å². The zero-order chi connectivity index (χ0) is 17.3. The summed E-state index contributed by atoms with van der Waals surface area (Å²) < 4.78 is 23.0. The summed E-state index contributed by atoms with van der Waals surface area (Å²) in [4.78, 5) is 14.8. The van der Waals surface area contributed by atoms with Crippen LogP contribution in [-0.4, -0.2) is 32.7 Å². The van der Waals surface area contributed by atoms with E-state index in [0.29, 0.717) is 6.42 Å². The maximum absolute atomic E-state index is 12.7. The Bertz CT molecular complexity index is 832. The van der Waals surface area contributed by atoms with Gasteiger partial charge in [-0.05, 0) is 49.7 Å². The highest BCUT2D eigenvalue weighted by molar-refractivity contribution is 7.90. The number of carbonyl (C=O) groups is 1. The first-order valence-electron chi connectivity index (χ1n) is 7.81. The number of amides is 1.